The molecule has 1 unspecified atom stereocenters. The molecule has 1 aliphatic rings. The summed E-state index contributed by atoms with van der Waals surface area (Å²) in [7, 11) is 4.51. The molecule has 0 saturated carbocycles. The Morgan fingerprint density at radius 2 is 1.79 bits per heavy atom. The van der Waals surface area contributed by atoms with Gasteiger partial charge in [0.05, 0.1) is 38.1 Å². The summed E-state index contributed by atoms with van der Waals surface area (Å²) in [6.45, 7) is 12.3. The molecule has 0 aliphatic carbocycles. The smallest absolute Gasteiger partial charge is 0.410 e. The van der Waals surface area contributed by atoms with Gasteiger partial charge in [0.1, 0.15) is 23.0 Å². The van der Waals surface area contributed by atoms with E-state index >= 15 is 0 Å². The molecule has 0 radical (unpaired) electrons. The molecule has 0 spiro atoms. The largest absolute Gasteiger partial charge is 0.496 e. The molecule has 11 nitrogen and oxygen atoms in total. The Hall–Kier alpha value is -4.09. The molecule has 1 aromatic heterocycles. The summed E-state index contributed by atoms with van der Waals surface area (Å²) in [5.74, 6) is 0.353. The van der Waals surface area contributed by atoms with Crippen LogP contribution in [0.3, 0.4) is 0 Å². The van der Waals surface area contributed by atoms with E-state index < -0.39 is 23.6 Å². The number of rotatable bonds is 7. The Balaban J connectivity index is 2.17. The molecule has 3 rings (SSSR count). The molecule has 2 aromatic rings. The van der Waals surface area contributed by atoms with Crippen LogP contribution in [0.25, 0.3) is 12.2 Å². The molecule has 42 heavy (non-hydrogen) atoms. The van der Waals surface area contributed by atoms with Crippen molar-refractivity contribution in [3.05, 3.63) is 40.8 Å². The maximum Gasteiger partial charge on any atom is 0.410 e. The van der Waals surface area contributed by atoms with E-state index in [1.54, 1.807) is 52.1 Å². The number of aromatic nitrogens is 2. The van der Waals surface area contributed by atoms with E-state index in [0.717, 1.165) is 0 Å². The van der Waals surface area contributed by atoms with Crippen molar-refractivity contribution >= 4 is 30.2 Å². The topological polar surface area (TPSA) is 118 Å². The van der Waals surface area contributed by atoms with Crippen molar-refractivity contribution in [1.29, 1.82) is 0 Å². The number of carboxylic acid groups (broad SMARTS) is 1. The minimum Gasteiger partial charge on any atom is -0.496 e. The van der Waals surface area contributed by atoms with Crippen LogP contribution in [0.15, 0.2) is 18.2 Å². The normalized spacial score (nSPS) is 16.0. The van der Waals surface area contributed by atoms with Crippen molar-refractivity contribution in [1.82, 2.24) is 19.8 Å². The molecule has 1 aromatic carbocycles. The van der Waals surface area contributed by atoms with Crippen LogP contribution in [0.5, 0.6) is 11.8 Å². The van der Waals surface area contributed by atoms with E-state index in [9.17, 15) is 19.1 Å². The second-order valence-corrected chi connectivity index (χ2v) is 12.2. The highest BCUT2D eigenvalue weighted by atomic mass is 19.1. The molecular formula is C30H42FN5O6. The first-order valence-corrected chi connectivity index (χ1v) is 13.7. The molecule has 1 fully saturated rings. The van der Waals surface area contributed by atoms with Gasteiger partial charge in [0.2, 0.25) is 0 Å². The lowest BCUT2D eigenvalue weighted by Crippen LogP contribution is -2.59. The fourth-order valence-corrected chi connectivity index (χ4v) is 4.72. The predicted molar refractivity (Wildman–Crippen MR) is 158 cm³/mol. The number of ether oxygens (including phenoxy) is 3. The minimum atomic E-state index is -0.984. The van der Waals surface area contributed by atoms with E-state index in [1.165, 1.54) is 30.1 Å². The van der Waals surface area contributed by atoms with Gasteiger partial charge in [0.25, 0.3) is 0 Å². The number of hydrogen-bond acceptors (Lipinski definition) is 8. The van der Waals surface area contributed by atoms with Crippen molar-refractivity contribution < 1.29 is 33.3 Å². The highest BCUT2D eigenvalue weighted by molar-refractivity contribution is 5.76. The molecule has 1 saturated heterocycles. The van der Waals surface area contributed by atoms with Crippen molar-refractivity contribution in [3.8, 4) is 11.8 Å². The average Bonchev–Trinajstić information content (AvgIpc) is 2.90. The lowest BCUT2D eigenvalue weighted by molar-refractivity contribution is 0.0284. The standard InChI is InChI=1S/C30H42FN5O6/c1-29(2,3)24-18-35(15-16-36(24)27(37)38)25-20(17-34(7)28(39)42-30(4,5)6)22(32-26(33-25)41-9)14-13-19-21(31)11-10-12-23(19)40-8/h10-14,24H,15-18H2,1-9H3,(H,37,38). The number of piperazine rings is 1. The van der Waals surface area contributed by atoms with Gasteiger partial charge < -0.3 is 34.0 Å². The van der Waals surface area contributed by atoms with Gasteiger partial charge in [-0.2, -0.15) is 9.97 Å². The van der Waals surface area contributed by atoms with Crippen LogP contribution in [0, 0.1) is 11.2 Å². The minimum absolute atomic E-state index is 0.0572. The number of anilines is 1. The Morgan fingerprint density at radius 3 is 2.36 bits per heavy atom. The summed E-state index contributed by atoms with van der Waals surface area (Å²) < 4.78 is 31.1. The van der Waals surface area contributed by atoms with Gasteiger partial charge in [-0.15, -0.1) is 0 Å². The fraction of sp³-hybridized carbons (Fsp3) is 0.533. The van der Waals surface area contributed by atoms with Crippen molar-refractivity contribution in [3.63, 3.8) is 0 Å². The van der Waals surface area contributed by atoms with E-state index in [0.29, 0.717) is 35.9 Å². The summed E-state index contributed by atoms with van der Waals surface area (Å²) in [4.78, 5) is 39.1. The maximum atomic E-state index is 14.8. The van der Waals surface area contributed by atoms with Gasteiger partial charge in [-0.3, -0.25) is 0 Å². The molecule has 12 heteroatoms. The Bertz CT molecular complexity index is 1320. The zero-order chi connectivity index (χ0) is 31.4. The van der Waals surface area contributed by atoms with Gasteiger partial charge >= 0.3 is 18.2 Å². The molecule has 1 aliphatic heterocycles. The van der Waals surface area contributed by atoms with E-state index in [4.69, 9.17) is 14.2 Å². The zero-order valence-corrected chi connectivity index (χ0v) is 25.9. The number of nitrogens with zero attached hydrogens (tertiary/aromatic N) is 5. The zero-order valence-electron chi connectivity index (χ0n) is 25.9. The van der Waals surface area contributed by atoms with Gasteiger partial charge in [0, 0.05) is 32.2 Å². The summed E-state index contributed by atoms with van der Waals surface area (Å²) in [5.41, 5.74) is 0.110. The molecular weight excluding hydrogens is 545 g/mol. The third-order valence-corrected chi connectivity index (χ3v) is 6.85. The SMILES string of the molecule is COc1nc(C=Cc2c(F)cccc2OC)c(CN(C)C(=O)OC(C)(C)C)c(N2CCN(C(=O)O)C(C(C)(C)C)C2)n1. The van der Waals surface area contributed by atoms with Crippen LogP contribution >= 0.6 is 0 Å². The van der Waals surface area contributed by atoms with Crippen LogP contribution in [0.1, 0.15) is 58.4 Å². The van der Waals surface area contributed by atoms with Crippen LogP contribution in [-0.2, 0) is 11.3 Å². The molecule has 2 amide bonds. The van der Waals surface area contributed by atoms with Crippen molar-refractivity contribution in [2.45, 2.75) is 59.7 Å². The van der Waals surface area contributed by atoms with Crippen molar-refractivity contribution in [2.24, 2.45) is 5.41 Å². The molecule has 1 N–H and O–H groups in total. The Kier molecular flexibility index (Phi) is 9.90. The third-order valence-electron chi connectivity index (χ3n) is 6.85. The van der Waals surface area contributed by atoms with Crippen LogP contribution in [-0.4, -0.2) is 89.6 Å². The van der Waals surface area contributed by atoms with E-state index in [2.05, 4.69) is 9.97 Å². The Morgan fingerprint density at radius 1 is 1.10 bits per heavy atom. The molecule has 2 heterocycles. The van der Waals surface area contributed by atoms with E-state index in [-0.39, 0.29) is 36.1 Å². The summed E-state index contributed by atoms with van der Waals surface area (Å²) in [6.07, 6.45) is 1.65. The lowest BCUT2D eigenvalue weighted by atomic mass is 9.84. The van der Waals surface area contributed by atoms with Crippen molar-refractivity contribution in [2.75, 3.05) is 45.8 Å². The van der Waals surface area contributed by atoms with Crippen LogP contribution in [0.4, 0.5) is 19.8 Å². The molecule has 0 bridgehead atoms. The summed E-state index contributed by atoms with van der Waals surface area (Å²) in [6, 6.07) is 4.27. The number of methoxy groups -OCH3 is 2. The number of carbonyl (C=O) groups is 2. The van der Waals surface area contributed by atoms with Crippen LogP contribution in [0.2, 0.25) is 0 Å². The fourth-order valence-electron chi connectivity index (χ4n) is 4.72. The molecule has 1 atom stereocenters. The quantitative estimate of drug-likeness (QED) is 0.455. The average molecular weight is 588 g/mol. The van der Waals surface area contributed by atoms with Gasteiger partial charge in [-0.05, 0) is 50.5 Å². The van der Waals surface area contributed by atoms with Gasteiger partial charge in [-0.1, -0.05) is 26.8 Å². The first-order chi connectivity index (χ1) is 19.6. The monoisotopic (exact) mass is 587 g/mol. The third kappa shape index (κ3) is 7.80. The number of hydrogen-bond donors (Lipinski definition) is 1. The van der Waals surface area contributed by atoms with Gasteiger partial charge in [-0.25, -0.2) is 14.0 Å². The summed E-state index contributed by atoms with van der Waals surface area (Å²) in [5, 5.41) is 9.88. The first kappa shape index (κ1) is 32.4. The second-order valence-electron chi connectivity index (χ2n) is 12.2. The Labute approximate surface area is 246 Å². The van der Waals surface area contributed by atoms with Crippen LogP contribution < -0.4 is 14.4 Å². The lowest BCUT2D eigenvalue weighted by Gasteiger charge is -2.46. The van der Waals surface area contributed by atoms with Gasteiger partial charge in [0.15, 0.2) is 0 Å². The highest BCUT2D eigenvalue weighted by Crippen LogP contribution is 2.34. The highest BCUT2D eigenvalue weighted by Gasteiger charge is 2.39. The first-order valence-electron chi connectivity index (χ1n) is 13.7. The number of amides is 2. The number of carbonyl (C=O) groups excluding carboxylic acids is 1. The second kappa shape index (κ2) is 12.8. The van der Waals surface area contributed by atoms with E-state index in [1.807, 2.05) is 25.7 Å². The summed E-state index contributed by atoms with van der Waals surface area (Å²) >= 11 is 0. The predicted octanol–water partition coefficient (Wildman–Crippen LogP) is 5.38. The number of halogens is 1. The number of benzene rings is 1. The molecule has 230 valence electrons. The maximum absolute atomic E-state index is 14.8.